The molecule has 3 aliphatic carbocycles. The third-order valence-corrected chi connectivity index (χ3v) is 20.1. The number of rotatable bonds is 21. The molecule has 1 saturated heterocycles. The number of morpholine rings is 1. The fraction of sp³-hybridized carbons (Fsp3) is 0.533. The van der Waals surface area contributed by atoms with Gasteiger partial charge in [-0.05, 0) is 134 Å². The Kier molecular flexibility index (Phi) is 25.0. The summed E-state index contributed by atoms with van der Waals surface area (Å²) in [5.41, 5.74) is 11.0. The molecule has 109 heavy (non-hydrogen) atoms. The van der Waals surface area contributed by atoms with Gasteiger partial charge in [0, 0.05) is 152 Å². The standard InChI is InChI=1S/C26H31F3N6O3.C25H32FN7O3.C24H29F3N6O2/c1-16(12-26(27,28)29)32-25-31-15-23-21(11-22(35(23)33-25)17-2-4-20(36)5-3-17)18-10-19(14-30-13-18)24(37)34-6-8-38-9-7-34;1-15(14-35-16(2)26)8-24-27-11-23-21(9-22(33(23)31-24)18-4-6-20(34)7-5-18)19-10-28-32(12-19)13-25-30-29-17(3)36-25;1-14(10-24(25,26)27)30-23-29-13-21-19(16-8-17(12-28-11-16)22(35)32(2)3)9-20(33(21)31-23)15-4-6-18(34)7-5-15/h10-11,13-17,20,36H,2-9,12H2,1H3,(H,32,33);9-12,15-16,18,20,34H,4-8,13-14H2,1-3H3;8-9,11-15,18,34H,4-7,10H2,1-3H3,(H,30,31)/t16-,17?,20?;15-,16?,18?,20?;14-,15?,18?/m010/s1. The van der Waals surface area contributed by atoms with E-state index < -0.39 is 43.6 Å². The lowest BCUT2D eigenvalue weighted by molar-refractivity contribution is -0.137. The molecule has 27 nitrogen and oxygen atoms in total. The first-order valence-corrected chi connectivity index (χ1v) is 37.0. The van der Waals surface area contributed by atoms with Gasteiger partial charge in [-0.2, -0.15) is 36.5 Å². The quantitative estimate of drug-likeness (QED) is 0.0417. The molecule has 1 unspecified atom stereocenters. The van der Waals surface area contributed by atoms with Gasteiger partial charge in [-0.25, -0.2) is 32.9 Å². The lowest BCUT2D eigenvalue weighted by Crippen LogP contribution is -2.40. The van der Waals surface area contributed by atoms with Crippen molar-refractivity contribution in [3.63, 3.8) is 0 Å². The van der Waals surface area contributed by atoms with E-state index in [0.717, 1.165) is 102 Å². The van der Waals surface area contributed by atoms with Gasteiger partial charge in [0.2, 0.25) is 23.7 Å². The topological polar surface area (TPSA) is 317 Å². The monoisotopic (exact) mass is 1520 g/mol. The van der Waals surface area contributed by atoms with Crippen LogP contribution in [0.2, 0.25) is 0 Å². The number of carbonyl (C=O) groups is 2. The molecule has 0 radical (unpaired) electrons. The highest BCUT2D eigenvalue weighted by atomic mass is 19.4. The van der Waals surface area contributed by atoms with Crippen molar-refractivity contribution in [2.45, 2.75) is 204 Å². The molecule has 34 heteroatoms. The minimum Gasteiger partial charge on any atom is -0.424 e. The molecule has 3 saturated carbocycles. The third kappa shape index (κ3) is 20.3. The summed E-state index contributed by atoms with van der Waals surface area (Å²) in [4.78, 5) is 50.5. The zero-order valence-electron chi connectivity index (χ0n) is 61.8. The number of aryl methyl sites for hydroxylation is 1. The van der Waals surface area contributed by atoms with Crippen LogP contribution in [0.1, 0.15) is 191 Å². The van der Waals surface area contributed by atoms with E-state index in [9.17, 15) is 55.6 Å². The number of aliphatic hydroxyl groups excluding tert-OH is 3. The molecule has 0 spiro atoms. The highest BCUT2D eigenvalue weighted by molar-refractivity contribution is 5.97. The van der Waals surface area contributed by atoms with Crippen LogP contribution in [0.15, 0.2) is 90.5 Å². The molecule has 4 atom stereocenters. The average Bonchev–Trinajstić information content (AvgIpc) is 1.63. The Balaban J connectivity index is 0.000000153. The van der Waals surface area contributed by atoms with Crippen molar-refractivity contribution in [2.75, 3.05) is 57.6 Å². The lowest BCUT2D eigenvalue weighted by Gasteiger charge is -2.26. The molecule has 1 aliphatic heterocycles. The van der Waals surface area contributed by atoms with E-state index in [-0.39, 0.29) is 59.8 Å². The maximum absolute atomic E-state index is 13.1. The van der Waals surface area contributed by atoms with Crippen molar-refractivity contribution in [2.24, 2.45) is 5.92 Å². The van der Waals surface area contributed by atoms with E-state index in [4.69, 9.17) is 19.0 Å². The number of aliphatic hydroxyl groups is 3. The van der Waals surface area contributed by atoms with Gasteiger partial charge in [-0.1, -0.05) is 6.92 Å². The van der Waals surface area contributed by atoms with Crippen LogP contribution in [0, 0.1) is 12.8 Å². The smallest absolute Gasteiger partial charge is 0.391 e. The molecular formula is C75H92F7N19O8. The molecule has 10 aromatic heterocycles. The van der Waals surface area contributed by atoms with Crippen molar-refractivity contribution >= 4 is 40.3 Å². The number of amides is 2. The number of alkyl halides is 7. The fourth-order valence-electron chi connectivity index (χ4n) is 14.6. The van der Waals surface area contributed by atoms with Crippen LogP contribution in [0.25, 0.3) is 49.9 Å². The van der Waals surface area contributed by atoms with Crippen molar-refractivity contribution in [1.29, 1.82) is 0 Å². The summed E-state index contributed by atoms with van der Waals surface area (Å²) in [5, 5.41) is 61.9. The van der Waals surface area contributed by atoms with E-state index in [1.165, 1.54) is 31.9 Å². The number of hydrogen-bond donors (Lipinski definition) is 5. The second-order valence-electron chi connectivity index (χ2n) is 29.3. The number of carbonyl (C=O) groups excluding carboxylic acids is 2. The summed E-state index contributed by atoms with van der Waals surface area (Å²) in [5.74, 6) is 2.22. The Morgan fingerprint density at radius 1 is 0.596 bits per heavy atom. The van der Waals surface area contributed by atoms with Crippen LogP contribution >= 0.6 is 0 Å². The van der Waals surface area contributed by atoms with Crippen LogP contribution in [0.4, 0.5) is 42.6 Å². The number of pyridine rings is 2. The number of nitrogens with one attached hydrogen (secondary N) is 2. The van der Waals surface area contributed by atoms with Gasteiger partial charge in [0.05, 0.1) is 103 Å². The molecule has 4 fully saturated rings. The van der Waals surface area contributed by atoms with Crippen LogP contribution in [0.5, 0.6) is 0 Å². The van der Waals surface area contributed by atoms with E-state index in [1.807, 2.05) is 42.2 Å². The summed E-state index contributed by atoms with van der Waals surface area (Å²) >= 11 is 0. The van der Waals surface area contributed by atoms with E-state index in [0.29, 0.717) is 123 Å². The van der Waals surface area contributed by atoms with Gasteiger partial charge in [0.15, 0.2) is 6.36 Å². The van der Waals surface area contributed by atoms with Crippen molar-refractivity contribution < 1.29 is 69.5 Å². The van der Waals surface area contributed by atoms with E-state index >= 15 is 0 Å². The van der Waals surface area contributed by atoms with Crippen LogP contribution in [0.3, 0.4) is 0 Å². The number of nitrogens with zero attached hydrogens (tertiary/aromatic N) is 17. The number of ether oxygens (including phenoxy) is 2. The molecule has 5 N–H and O–H groups in total. The molecule has 2 amide bonds. The van der Waals surface area contributed by atoms with Gasteiger partial charge >= 0.3 is 12.4 Å². The summed E-state index contributed by atoms with van der Waals surface area (Å²) in [7, 11) is 3.33. The molecular weight excluding hydrogens is 1430 g/mol. The first-order valence-electron chi connectivity index (χ1n) is 37.0. The predicted molar refractivity (Wildman–Crippen MR) is 388 cm³/mol. The average molecular weight is 1520 g/mol. The zero-order valence-corrected chi connectivity index (χ0v) is 61.8. The van der Waals surface area contributed by atoms with Gasteiger partial charge in [-0.3, -0.25) is 24.2 Å². The highest BCUT2D eigenvalue weighted by Crippen LogP contribution is 2.42. The molecule has 10 aromatic rings. The first kappa shape index (κ1) is 78.9. The van der Waals surface area contributed by atoms with Gasteiger partial charge in [-0.15, -0.1) is 20.4 Å². The number of halogens is 7. The molecule has 584 valence electrons. The summed E-state index contributed by atoms with van der Waals surface area (Å²) < 4.78 is 113. The van der Waals surface area contributed by atoms with Crippen LogP contribution < -0.4 is 10.6 Å². The minimum atomic E-state index is -4.30. The van der Waals surface area contributed by atoms with E-state index in [1.54, 1.807) is 82.7 Å². The van der Waals surface area contributed by atoms with Crippen LogP contribution in [-0.4, -0.2) is 207 Å². The Morgan fingerprint density at radius 3 is 1.51 bits per heavy atom. The largest absolute Gasteiger partial charge is 0.424 e. The molecule has 0 aromatic carbocycles. The first-order chi connectivity index (χ1) is 52.0. The minimum absolute atomic E-state index is 0.0792. The summed E-state index contributed by atoms with van der Waals surface area (Å²) in [6, 6.07) is 7.91. The molecule has 14 rings (SSSR count). The van der Waals surface area contributed by atoms with Gasteiger partial charge < -0.3 is 49.6 Å². The second kappa shape index (κ2) is 34.5. The summed E-state index contributed by atoms with van der Waals surface area (Å²) in [6.07, 6.45) is 12.0. The number of anilines is 2. The molecule has 11 heterocycles. The van der Waals surface area contributed by atoms with E-state index in [2.05, 4.69) is 67.1 Å². The second-order valence-corrected chi connectivity index (χ2v) is 29.3. The molecule has 0 bridgehead atoms. The van der Waals surface area contributed by atoms with Gasteiger partial charge in [0.1, 0.15) is 12.4 Å². The highest BCUT2D eigenvalue weighted by Gasteiger charge is 2.34. The fourth-order valence-corrected chi connectivity index (χ4v) is 14.6. The zero-order chi connectivity index (χ0) is 77.4. The Hall–Kier alpha value is -9.64. The van der Waals surface area contributed by atoms with Crippen molar-refractivity contribution in [1.82, 2.24) is 83.5 Å². The number of hydrogen-bond acceptors (Lipinski definition) is 21. The normalized spacial score (nSPS) is 20.4. The maximum Gasteiger partial charge on any atom is 0.391 e. The van der Waals surface area contributed by atoms with Crippen molar-refractivity contribution in [3.8, 4) is 33.4 Å². The van der Waals surface area contributed by atoms with Crippen molar-refractivity contribution in [3.05, 3.63) is 132 Å². The number of aromatic nitrogens is 15. The Labute approximate surface area is 624 Å². The predicted octanol–water partition coefficient (Wildman–Crippen LogP) is 12.2. The summed E-state index contributed by atoms with van der Waals surface area (Å²) in [6.45, 7) is 10.7. The lowest BCUT2D eigenvalue weighted by atomic mass is 9.85. The SMILES string of the molecule is C[C@@H](CC(F)(F)F)Nc1ncc2c(-c3cncc(C(=O)N(C)C)c3)cc(C3CCC(O)CC3)n2n1.C[C@@H](CC(F)(F)F)Nc1ncc2c(-c3cncc(C(=O)N4CCOCC4)c3)cc(C3CCC(O)CC3)n2n1.Cc1nnc(Cn2cc(-c3cc(C4CCC(O)CC4)n4nc(C[C@@H](C)COC(C)F)ncc34)cn2)o1. The third-order valence-electron chi connectivity index (χ3n) is 20.1. The van der Waals surface area contributed by atoms with Crippen LogP contribution in [-0.2, 0) is 22.4 Å². The number of fused-ring (bicyclic) bond motifs is 3. The molecule has 4 aliphatic rings. The van der Waals surface area contributed by atoms with Gasteiger partial charge in [0.25, 0.3) is 11.8 Å². The maximum atomic E-state index is 13.1. The Bertz CT molecular complexity index is 4720. The Morgan fingerprint density at radius 2 is 1.06 bits per heavy atom.